The van der Waals surface area contributed by atoms with Gasteiger partial charge in [0.05, 0.1) is 0 Å². The first-order valence-corrected chi connectivity index (χ1v) is 11.7. The van der Waals surface area contributed by atoms with Crippen molar-refractivity contribution >= 4 is 29.7 Å². The van der Waals surface area contributed by atoms with E-state index in [-0.39, 0.29) is 12.5 Å². The number of rotatable bonds is 12. The molecule has 0 aliphatic heterocycles. The minimum Gasteiger partial charge on any atom is -0.445 e. The van der Waals surface area contributed by atoms with Crippen LogP contribution in [0, 0.1) is 5.92 Å². The number of ether oxygens (including phenoxy) is 1. The summed E-state index contributed by atoms with van der Waals surface area (Å²) in [6.45, 7) is 3.97. The molecule has 172 valence electrons. The monoisotopic (exact) mass is 457 g/mol. The fourth-order valence-electron chi connectivity index (χ4n) is 2.95. The topological polar surface area (TPSA) is 111 Å². The van der Waals surface area contributed by atoms with Crippen LogP contribution >= 0.6 is 11.8 Å². The fraction of sp³-hybridized carbons (Fsp3) is 0.375. The first-order chi connectivity index (χ1) is 15.3. The third kappa shape index (κ3) is 9.43. The molecule has 0 aliphatic rings. The van der Waals surface area contributed by atoms with Crippen molar-refractivity contribution < 1.29 is 19.1 Å². The SMILES string of the molecule is CC(C)C[C@H](NC(=O)C(CSCc1ccccc1)NC(=O)OCc1ccccc1)C(N)=O. The van der Waals surface area contributed by atoms with Crippen molar-refractivity contribution in [1.29, 1.82) is 0 Å². The smallest absolute Gasteiger partial charge is 0.408 e. The van der Waals surface area contributed by atoms with Crippen LogP contribution in [-0.2, 0) is 26.7 Å². The molecule has 0 spiro atoms. The Balaban J connectivity index is 1.98. The molecule has 2 aromatic carbocycles. The number of amides is 3. The summed E-state index contributed by atoms with van der Waals surface area (Å²) in [5, 5.41) is 5.30. The average molecular weight is 458 g/mol. The molecule has 0 saturated heterocycles. The van der Waals surface area contributed by atoms with Crippen LogP contribution in [0.5, 0.6) is 0 Å². The molecule has 4 N–H and O–H groups in total. The van der Waals surface area contributed by atoms with Gasteiger partial charge in [-0.15, -0.1) is 0 Å². The number of primary amides is 1. The van der Waals surface area contributed by atoms with Crippen LogP contribution in [0.3, 0.4) is 0 Å². The van der Waals surface area contributed by atoms with E-state index in [0.717, 1.165) is 11.1 Å². The fourth-order valence-corrected chi connectivity index (χ4v) is 3.97. The van der Waals surface area contributed by atoms with Crippen molar-refractivity contribution in [3.63, 3.8) is 0 Å². The molecule has 2 atom stereocenters. The largest absolute Gasteiger partial charge is 0.445 e. The molecule has 2 rings (SSSR count). The molecule has 0 heterocycles. The normalized spacial score (nSPS) is 12.6. The summed E-state index contributed by atoms with van der Waals surface area (Å²) in [7, 11) is 0. The van der Waals surface area contributed by atoms with Gasteiger partial charge >= 0.3 is 6.09 Å². The Hall–Kier alpha value is -3.00. The van der Waals surface area contributed by atoms with Crippen molar-refractivity contribution in [3.8, 4) is 0 Å². The van der Waals surface area contributed by atoms with Crippen LogP contribution in [-0.4, -0.2) is 35.7 Å². The van der Waals surface area contributed by atoms with Gasteiger partial charge in [0.2, 0.25) is 11.8 Å². The Morgan fingerprint density at radius 1 is 0.906 bits per heavy atom. The van der Waals surface area contributed by atoms with Gasteiger partial charge in [0.1, 0.15) is 18.7 Å². The molecule has 3 amide bonds. The lowest BCUT2D eigenvalue weighted by Gasteiger charge is -2.22. The second-order valence-corrected chi connectivity index (χ2v) is 8.88. The summed E-state index contributed by atoms with van der Waals surface area (Å²) >= 11 is 1.50. The highest BCUT2D eigenvalue weighted by Gasteiger charge is 2.26. The Bertz CT molecular complexity index is 862. The summed E-state index contributed by atoms with van der Waals surface area (Å²) in [6, 6.07) is 17.4. The number of hydrogen-bond acceptors (Lipinski definition) is 5. The van der Waals surface area contributed by atoms with Crippen molar-refractivity contribution in [2.24, 2.45) is 11.7 Å². The number of carbonyl (C=O) groups is 3. The van der Waals surface area contributed by atoms with Gasteiger partial charge in [0.15, 0.2) is 0 Å². The number of alkyl carbamates (subject to hydrolysis) is 1. The molecule has 32 heavy (non-hydrogen) atoms. The van der Waals surface area contributed by atoms with Gasteiger partial charge in [-0.05, 0) is 23.5 Å². The minimum atomic E-state index is -0.874. The molecule has 2 aromatic rings. The number of nitrogens with one attached hydrogen (secondary N) is 2. The Morgan fingerprint density at radius 2 is 1.50 bits per heavy atom. The Kier molecular flexibility index (Phi) is 10.6. The maximum atomic E-state index is 12.9. The quantitative estimate of drug-likeness (QED) is 0.453. The van der Waals surface area contributed by atoms with E-state index in [9.17, 15) is 14.4 Å². The summed E-state index contributed by atoms with van der Waals surface area (Å²) in [5.74, 6) is 0.0915. The Labute approximate surface area is 193 Å². The number of benzene rings is 2. The van der Waals surface area contributed by atoms with E-state index in [4.69, 9.17) is 10.5 Å². The summed E-state index contributed by atoms with van der Waals surface area (Å²) in [5.41, 5.74) is 7.40. The lowest BCUT2D eigenvalue weighted by molar-refractivity contribution is -0.128. The van der Waals surface area contributed by atoms with Gasteiger partial charge in [-0.25, -0.2) is 4.79 Å². The summed E-state index contributed by atoms with van der Waals surface area (Å²) in [4.78, 5) is 37.0. The van der Waals surface area contributed by atoms with E-state index < -0.39 is 30.0 Å². The molecule has 7 nitrogen and oxygen atoms in total. The van der Waals surface area contributed by atoms with E-state index in [2.05, 4.69) is 10.6 Å². The Morgan fingerprint density at radius 3 is 2.06 bits per heavy atom. The number of hydrogen-bond donors (Lipinski definition) is 3. The van der Waals surface area contributed by atoms with Gasteiger partial charge in [0.25, 0.3) is 0 Å². The lowest BCUT2D eigenvalue weighted by Crippen LogP contribution is -2.54. The second kappa shape index (κ2) is 13.4. The molecule has 1 unspecified atom stereocenters. The molecular weight excluding hydrogens is 426 g/mol. The highest BCUT2D eigenvalue weighted by molar-refractivity contribution is 7.98. The van der Waals surface area contributed by atoms with E-state index in [0.29, 0.717) is 17.9 Å². The van der Waals surface area contributed by atoms with E-state index >= 15 is 0 Å². The molecule has 0 bridgehead atoms. The standard InChI is InChI=1S/C24H31N3O4S/c1-17(2)13-20(22(25)28)26-23(29)21(16-32-15-19-11-7-4-8-12-19)27-24(30)31-14-18-9-5-3-6-10-18/h3-12,17,20-21H,13-16H2,1-2H3,(H2,25,28)(H,26,29)(H,27,30)/t20-,21?/m0/s1. The highest BCUT2D eigenvalue weighted by Crippen LogP contribution is 2.14. The van der Waals surface area contributed by atoms with Gasteiger partial charge in [-0.1, -0.05) is 74.5 Å². The van der Waals surface area contributed by atoms with Crippen molar-refractivity contribution in [1.82, 2.24) is 10.6 Å². The van der Waals surface area contributed by atoms with Crippen LogP contribution in [0.15, 0.2) is 60.7 Å². The van der Waals surface area contributed by atoms with Crippen LogP contribution in [0.25, 0.3) is 0 Å². The van der Waals surface area contributed by atoms with Crippen LogP contribution in [0.4, 0.5) is 4.79 Å². The third-order valence-electron chi connectivity index (χ3n) is 4.58. The van der Waals surface area contributed by atoms with E-state index in [1.54, 1.807) is 0 Å². The summed E-state index contributed by atoms with van der Waals surface area (Å²) in [6.07, 6.45) is -0.280. The first kappa shape index (κ1) is 25.3. The third-order valence-corrected chi connectivity index (χ3v) is 5.69. The molecule has 0 aliphatic carbocycles. The molecular formula is C24H31N3O4S. The van der Waals surface area contributed by atoms with Gasteiger partial charge in [-0.2, -0.15) is 11.8 Å². The highest BCUT2D eigenvalue weighted by atomic mass is 32.2. The lowest BCUT2D eigenvalue weighted by atomic mass is 10.0. The minimum absolute atomic E-state index is 0.0927. The molecule has 0 fully saturated rings. The molecule has 0 saturated carbocycles. The number of carbonyl (C=O) groups excluding carboxylic acids is 3. The maximum absolute atomic E-state index is 12.9. The zero-order valence-corrected chi connectivity index (χ0v) is 19.3. The molecule has 0 radical (unpaired) electrons. The van der Waals surface area contributed by atoms with E-state index in [1.165, 1.54) is 11.8 Å². The van der Waals surface area contributed by atoms with Crippen LogP contribution in [0.2, 0.25) is 0 Å². The zero-order chi connectivity index (χ0) is 23.3. The van der Waals surface area contributed by atoms with Crippen molar-refractivity contribution in [3.05, 3.63) is 71.8 Å². The maximum Gasteiger partial charge on any atom is 0.408 e. The van der Waals surface area contributed by atoms with Crippen molar-refractivity contribution in [2.75, 3.05) is 5.75 Å². The molecule has 0 aromatic heterocycles. The predicted octanol–water partition coefficient (Wildman–Crippen LogP) is 3.23. The van der Waals surface area contributed by atoms with Gasteiger partial charge in [0, 0.05) is 11.5 Å². The molecule has 8 heteroatoms. The average Bonchev–Trinajstić information content (AvgIpc) is 2.77. The van der Waals surface area contributed by atoms with Crippen LogP contribution < -0.4 is 16.4 Å². The van der Waals surface area contributed by atoms with Crippen molar-refractivity contribution in [2.45, 2.75) is 44.7 Å². The van der Waals surface area contributed by atoms with Crippen LogP contribution in [0.1, 0.15) is 31.4 Å². The van der Waals surface area contributed by atoms with Gasteiger partial charge in [-0.3, -0.25) is 9.59 Å². The zero-order valence-electron chi connectivity index (χ0n) is 18.5. The first-order valence-electron chi connectivity index (χ1n) is 10.5. The van der Waals surface area contributed by atoms with E-state index in [1.807, 2.05) is 74.5 Å². The summed E-state index contributed by atoms with van der Waals surface area (Å²) < 4.78 is 5.26. The predicted molar refractivity (Wildman–Crippen MR) is 127 cm³/mol. The van der Waals surface area contributed by atoms with Gasteiger partial charge < -0.3 is 21.1 Å². The second-order valence-electron chi connectivity index (χ2n) is 7.85. The number of nitrogens with two attached hydrogens (primary N) is 1. The number of thioether (sulfide) groups is 1.